The lowest BCUT2D eigenvalue weighted by Crippen LogP contribution is -2.37. The maximum Gasteiger partial charge on any atom is 0.277 e. The molecular formula is C11H19N3O2S. The number of rotatable bonds is 6. The van der Waals surface area contributed by atoms with Crippen LogP contribution in [-0.2, 0) is 16.8 Å². The molecule has 0 atom stereocenters. The molecule has 1 aromatic carbocycles. The van der Waals surface area contributed by atoms with Crippen molar-refractivity contribution in [2.45, 2.75) is 20.4 Å². The highest BCUT2D eigenvalue weighted by Gasteiger charge is 2.09. The molecule has 0 aliphatic rings. The summed E-state index contributed by atoms with van der Waals surface area (Å²) in [5.74, 6) is 0.281. The molecule has 0 spiro atoms. The summed E-state index contributed by atoms with van der Waals surface area (Å²) < 4.78 is 28.0. The summed E-state index contributed by atoms with van der Waals surface area (Å²) in [5.41, 5.74) is 7.07. The third-order valence-electron chi connectivity index (χ3n) is 2.13. The van der Waals surface area contributed by atoms with Gasteiger partial charge in [-0.05, 0) is 23.6 Å². The van der Waals surface area contributed by atoms with E-state index in [1.807, 2.05) is 13.8 Å². The summed E-state index contributed by atoms with van der Waals surface area (Å²) in [6.45, 7) is 4.58. The van der Waals surface area contributed by atoms with Gasteiger partial charge in [0.1, 0.15) is 0 Å². The number of nitrogens with one attached hydrogen (secondary N) is 2. The minimum atomic E-state index is -3.42. The van der Waals surface area contributed by atoms with Crippen molar-refractivity contribution in [3.05, 3.63) is 29.8 Å². The van der Waals surface area contributed by atoms with Crippen molar-refractivity contribution in [1.29, 1.82) is 0 Å². The average molecular weight is 257 g/mol. The second-order valence-electron chi connectivity index (χ2n) is 4.31. The lowest BCUT2D eigenvalue weighted by Gasteiger charge is -2.10. The highest BCUT2D eigenvalue weighted by Crippen LogP contribution is 2.05. The fourth-order valence-electron chi connectivity index (χ4n) is 1.14. The zero-order chi connectivity index (χ0) is 12.9. The Balaban J connectivity index is 2.47. The van der Waals surface area contributed by atoms with Crippen LogP contribution in [0.4, 0.5) is 5.69 Å². The smallest absolute Gasteiger partial charge is 0.277 e. The molecular weight excluding hydrogens is 238 g/mol. The van der Waals surface area contributed by atoms with Crippen LogP contribution in [0.25, 0.3) is 0 Å². The van der Waals surface area contributed by atoms with Crippen LogP contribution in [0.1, 0.15) is 19.4 Å². The van der Waals surface area contributed by atoms with E-state index in [4.69, 9.17) is 5.73 Å². The number of anilines is 1. The molecule has 5 nitrogen and oxygen atoms in total. The molecule has 0 amide bonds. The summed E-state index contributed by atoms with van der Waals surface area (Å²) >= 11 is 0. The van der Waals surface area contributed by atoms with E-state index in [-0.39, 0.29) is 12.5 Å². The number of nitrogen functional groups attached to an aromatic ring is 1. The molecule has 0 heterocycles. The van der Waals surface area contributed by atoms with E-state index in [0.29, 0.717) is 12.2 Å². The first kappa shape index (κ1) is 14.0. The van der Waals surface area contributed by atoms with Gasteiger partial charge in [0.05, 0.1) is 0 Å². The van der Waals surface area contributed by atoms with Gasteiger partial charge in [-0.3, -0.25) is 0 Å². The summed E-state index contributed by atoms with van der Waals surface area (Å²) in [6, 6.07) is 7.07. The first-order chi connectivity index (χ1) is 7.89. The fourth-order valence-corrected chi connectivity index (χ4v) is 2.15. The van der Waals surface area contributed by atoms with Crippen molar-refractivity contribution in [2.75, 3.05) is 12.3 Å². The Kier molecular flexibility index (Phi) is 4.92. The molecule has 0 saturated heterocycles. The quantitative estimate of drug-likeness (QED) is 0.660. The minimum absolute atomic E-state index is 0.258. The molecule has 0 aliphatic heterocycles. The van der Waals surface area contributed by atoms with Crippen molar-refractivity contribution in [2.24, 2.45) is 5.92 Å². The van der Waals surface area contributed by atoms with Gasteiger partial charge in [-0.1, -0.05) is 26.0 Å². The lowest BCUT2D eigenvalue weighted by atomic mass is 10.2. The van der Waals surface area contributed by atoms with Crippen molar-refractivity contribution < 1.29 is 8.42 Å². The van der Waals surface area contributed by atoms with Crippen molar-refractivity contribution in [1.82, 2.24) is 9.44 Å². The third kappa shape index (κ3) is 5.67. The van der Waals surface area contributed by atoms with Gasteiger partial charge >= 0.3 is 0 Å². The van der Waals surface area contributed by atoms with Gasteiger partial charge in [-0.25, -0.2) is 4.72 Å². The molecule has 0 fully saturated rings. The van der Waals surface area contributed by atoms with Crippen molar-refractivity contribution >= 4 is 15.9 Å². The Hall–Kier alpha value is -1.11. The van der Waals surface area contributed by atoms with Gasteiger partial charge < -0.3 is 5.73 Å². The summed E-state index contributed by atoms with van der Waals surface area (Å²) in [6.07, 6.45) is 0. The van der Waals surface area contributed by atoms with E-state index >= 15 is 0 Å². The lowest BCUT2D eigenvalue weighted by molar-refractivity contribution is 0.547. The van der Waals surface area contributed by atoms with Gasteiger partial charge in [0, 0.05) is 18.8 Å². The number of benzene rings is 1. The van der Waals surface area contributed by atoms with Gasteiger partial charge in [-0.2, -0.15) is 13.1 Å². The van der Waals surface area contributed by atoms with E-state index in [1.165, 1.54) is 0 Å². The topological polar surface area (TPSA) is 84.2 Å². The molecule has 0 unspecified atom stereocenters. The Morgan fingerprint density at radius 1 is 1.18 bits per heavy atom. The van der Waals surface area contributed by atoms with E-state index in [0.717, 1.165) is 5.56 Å². The molecule has 0 radical (unpaired) electrons. The van der Waals surface area contributed by atoms with E-state index in [9.17, 15) is 8.42 Å². The van der Waals surface area contributed by atoms with Crippen LogP contribution in [0.5, 0.6) is 0 Å². The predicted molar refractivity (Wildman–Crippen MR) is 69.5 cm³/mol. The molecule has 1 aromatic rings. The van der Waals surface area contributed by atoms with Crippen LogP contribution in [0, 0.1) is 5.92 Å². The molecule has 96 valence electrons. The monoisotopic (exact) mass is 257 g/mol. The van der Waals surface area contributed by atoms with Crippen LogP contribution in [0.15, 0.2) is 24.3 Å². The van der Waals surface area contributed by atoms with Crippen LogP contribution >= 0.6 is 0 Å². The molecule has 1 rings (SSSR count). The van der Waals surface area contributed by atoms with Gasteiger partial charge in [0.25, 0.3) is 10.2 Å². The Bertz CT molecular complexity index is 440. The summed E-state index contributed by atoms with van der Waals surface area (Å²) in [5, 5.41) is 0. The first-order valence-corrected chi connectivity index (χ1v) is 6.96. The Morgan fingerprint density at radius 3 is 2.29 bits per heavy atom. The van der Waals surface area contributed by atoms with Crippen LogP contribution < -0.4 is 15.2 Å². The molecule has 6 heteroatoms. The Labute approximate surface area is 103 Å². The SMILES string of the molecule is CC(C)CNS(=O)(=O)NCc1ccc(N)cc1. The highest BCUT2D eigenvalue weighted by molar-refractivity contribution is 7.87. The molecule has 0 bridgehead atoms. The normalized spacial score (nSPS) is 11.9. The van der Waals surface area contributed by atoms with E-state index < -0.39 is 10.2 Å². The largest absolute Gasteiger partial charge is 0.399 e. The predicted octanol–water partition coefficient (Wildman–Crippen LogP) is 0.849. The molecule has 4 N–H and O–H groups in total. The Morgan fingerprint density at radius 2 is 1.76 bits per heavy atom. The summed E-state index contributed by atoms with van der Waals surface area (Å²) in [4.78, 5) is 0. The van der Waals surface area contributed by atoms with Crippen molar-refractivity contribution in [3.63, 3.8) is 0 Å². The third-order valence-corrected chi connectivity index (χ3v) is 3.20. The van der Waals surface area contributed by atoms with Crippen LogP contribution in [-0.4, -0.2) is 15.0 Å². The average Bonchev–Trinajstić information content (AvgIpc) is 2.26. The molecule has 0 saturated carbocycles. The number of nitrogens with two attached hydrogens (primary N) is 1. The maximum atomic E-state index is 11.5. The van der Waals surface area contributed by atoms with Crippen LogP contribution in [0.2, 0.25) is 0 Å². The van der Waals surface area contributed by atoms with Crippen molar-refractivity contribution in [3.8, 4) is 0 Å². The zero-order valence-corrected chi connectivity index (χ0v) is 10.9. The first-order valence-electron chi connectivity index (χ1n) is 5.48. The second-order valence-corrected chi connectivity index (χ2v) is 5.89. The second kappa shape index (κ2) is 6.00. The molecule has 17 heavy (non-hydrogen) atoms. The van der Waals surface area contributed by atoms with Gasteiger partial charge in [-0.15, -0.1) is 0 Å². The minimum Gasteiger partial charge on any atom is -0.399 e. The maximum absolute atomic E-state index is 11.5. The fraction of sp³-hybridized carbons (Fsp3) is 0.455. The number of hydrogen-bond acceptors (Lipinski definition) is 3. The van der Waals surface area contributed by atoms with Crippen LogP contribution in [0.3, 0.4) is 0 Å². The zero-order valence-electron chi connectivity index (χ0n) is 10.1. The van der Waals surface area contributed by atoms with Gasteiger partial charge in [0.15, 0.2) is 0 Å². The van der Waals surface area contributed by atoms with E-state index in [2.05, 4.69) is 9.44 Å². The standard InChI is InChI=1S/C11H19N3O2S/c1-9(2)7-13-17(15,16)14-8-10-3-5-11(12)6-4-10/h3-6,9,13-14H,7-8,12H2,1-2H3. The summed E-state index contributed by atoms with van der Waals surface area (Å²) in [7, 11) is -3.42. The van der Waals surface area contributed by atoms with Gasteiger partial charge in [0.2, 0.25) is 0 Å². The molecule has 0 aromatic heterocycles. The highest BCUT2D eigenvalue weighted by atomic mass is 32.2. The number of hydrogen-bond donors (Lipinski definition) is 3. The molecule has 0 aliphatic carbocycles. The van der Waals surface area contributed by atoms with E-state index in [1.54, 1.807) is 24.3 Å².